The number of morpholine rings is 1. The Labute approximate surface area is 282 Å². The van der Waals surface area contributed by atoms with Crippen LogP contribution in [0, 0.1) is 5.82 Å². The highest BCUT2D eigenvalue weighted by Crippen LogP contribution is 2.41. The predicted octanol–water partition coefficient (Wildman–Crippen LogP) is 4.97. The average molecular weight is 686 g/mol. The Morgan fingerprint density at radius 2 is 1.79 bits per heavy atom. The zero-order valence-corrected chi connectivity index (χ0v) is 27.5. The van der Waals surface area contributed by atoms with Crippen LogP contribution in [-0.2, 0) is 9.53 Å². The smallest absolute Gasteiger partial charge is 0.319 e. The number of nitrogens with zero attached hydrogens (tertiary/aromatic N) is 7. The van der Waals surface area contributed by atoms with Crippen molar-refractivity contribution in [3.05, 3.63) is 53.0 Å². The standard InChI is InChI=1S/C34H39ClF3N7O3/c35-25-6-1-5-23(27(25)31(37)38)29-28(36)30-24(21-39-29)32(41-33(40-30)48-22-34-8-3-11-45(34)12-4-9-34)44-15-13-43(14-16-44)26(46)7-2-10-42-17-19-47-20-18-42/h1-2,5-7,21,31H,3-4,8-20,22H2/b7-2+. The van der Waals surface area contributed by atoms with Crippen molar-refractivity contribution in [1.29, 1.82) is 0 Å². The normalized spacial score (nSPS) is 20.4. The molecule has 0 unspecified atom stereocenters. The molecule has 0 N–H and O–H groups in total. The van der Waals surface area contributed by atoms with E-state index in [-0.39, 0.29) is 39.3 Å². The number of amides is 1. The summed E-state index contributed by atoms with van der Waals surface area (Å²) in [4.78, 5) is 35.0. The minimum absolute atomic E-state index is 0.0198. The number of anilines is 1. The van der Waals surface area contributed by atoms with Gasteiger partial charge in [0.2, 0.25) is 5.91 Å². The molecule has 0 radical (unpaired) electrons. The van der Waals surface area contributed by atoms with Gasteiger partial charge in [-0.3, -0.25) is 19.6 Å². The van der Waals surface area contributed by atoms with Crippen molar-refractivity contribution >= 4 is 34.2 Å². The number of rotatable bonds is 9. The van der Waals surface area contributed by atoms with Crippen molar-refractivity contribution in [2.45, 2.75) is 37.6 Å². The fraction of sp³-hybridized carbons (Fsp3) is 0.529. The van der Waals surface area contributed by atoms with Crippen molar-refractivity contribution in [3.8, 4) is 17.3 Å². The maximum absolute atomic E-state index is 16.4. The molecular formula is C34H39ClF3N7O3. The number of benzene rings is 1. The number of ether oxygens (including phenoxy) is 2. The van der Waals surface area contributed by atoms with Gasteiger partial charge in [-0.15, -0.1) is 0 Å². The monoisotopic (exact) mass is 685 g/mol. The van der Waals surface area contributed by atoms with E-state index in [9.17, 15) is 13.6 Å². The van der Waals surface area contributed by atoms with Crippen LogP contribution in [-0.4, -0.2) is 120 Å². The van der Waals surface area contributed by atoms with E-state index >= 15 is 4.39 Å². The van der Waals surface area contributed by atoms with Crippen LogP contribution in [0.1, 0.15) is 37.7 Å². The van der Waals surface area contributed by atoms with E-state index in [0.29, 0.717) is 63.7 Å². The third-order valence-electron chi connectivity index (χ3n) is 10.1. The molecule has 256 valence electrons. The summed E-state index contributed by atoms with van der Waals surface area (Å²) in [5.74, 6) is -0.494. The fourth-order valence-electron chi connectivity index (χ4n) is 7.47. The molecule has 4 aliphatic rings. The van der Waals surface area contributed by atoms with E-state index in [1.165, 1.54) is 24.4 Å². The van der Waals surface area contributed by atoms with Gasteiger partial charge in [-0.25, -0.2) is 13.2 Å². The lowest BCUT2D eigenvalue weighted by atomic mass is 9.95. The zero-order valence-electron chi connectivity index (χ0n) is 26.7. The Balaban J connectivity index is 1.16. The number of halogens is 4. The Kier molecular flexibility index (Phi) is 9.72. The fourth-order valence-corrected chi connectivity index (χ4v) is 7.73. The molecule has 0 atom stereocenters. The van der Waals surface area contributed by atoms with Gasteiger partial charge in [0.25, 0.3) is 6.43 Å². The van der Waals surface area contributed by atoms with Crippen molar-refractivity contribution < 1.29 is 27.4 Å². The summed E-state index contributed by atoms with van der Waals surface area (Å²) in [6, 6.07) is 4.23. The highest BCUT2D eigenvalue weighted by molar-refractivity contribution is 6.31. The van der Waals surface area contributed by atoms with Crippen LogP contribution in [0.5, 0.6) is 6.01 Å². The van der Waals surface area contributed by atoms with Crippen molar-refractivity contribution in [2.75, 3.05) is 83.6 Å². The number of pyridine rings is 1. The topological polar surface area (TPSA) is 87.2 Å². The molecule has 2 aromatic heterocycles. The van der Waals surface area contributed by atoms with Gasteiger partial charge in [0.15, 0.2) is 5.82 Å². The quantitative estimate of drug-likeness (QED) is 0.290. The summed E-state index contributed by atoms with van der Waals surface area (Å²) in [5, 5.41) is 0.160. The van der Waals surface area contributed by atoms with Crippen LogP contribution in [0.3, 0.4) is 0 Å². The minimum Gasteiger partial charge on any atom is -0.461 e. The molecule has 1 amide bonds. The number of carbonyl (C=O) groups excluding carboxylic acids is 1. The molecule has 14 heteroatoms. The van der Waals surface area contributed by atoms with Gasteiger partial charge in [0.1, 0.15) is 23.6 Å². The maximum atomic E-state index is 16.4. The number of alkyl halides is 2. The largest absolute Gasteiger partial charge is 0.461 e. The molecule has 7 rings (SSSR count). The molecule has 10 nitrogen and oxygen atoms in total. The SMILES string of the molecule is O=C(/C=C/CN1CCOCC1)N1CCN(c2nc(OCC34CCCN3CCC4)nc3c(F)c(-c4cccc(Cl)c4C(F)F)ncc23)CC1. The highest BCUT2D eigenvalue weighted by Gasteiger charge is 2.45. The third kappa shape index (κ3) is 6.57. The van der Waals surface area contributed by atoms with E-state index in [2.05, 4.69) is 19.8 Å². The van der Waals surface area contributed by atoms with Crippen molar-refractivity contribution in [1.82, 2.24) is 29.7 Å². The van der Waals surface area contributed by atoms with Gasteiger partial charge in [0.05, 0.1) is 29.2 Å². The molecule has 1 aromatic carbocycles. The first kappa shape index (κ1) is 33.0. The van der Waals surface area contributed by atoms with Gasteiger partial charge in [-0.1, -0.05) is 29.8 Å². The summed E-state index contributed by atoms with van der Waals surface area (Å²) in [7, 11) is 0. The van der Waals surface area contributed by atoms with E-state index in [0.717, 1.165) is 51.9 Å². The second-order valence-corrected chi connectivity index (χ2v) is 13.3. The van der Waals surface area contributed by atoms with Gasteiger partial charge in [-0.2, -0.15) is 9.97 Å². The summed E-state index contributed by atoms with van der Waals surface area (Å²) >= 11 is 6.12. The molecule has 0 aliphatic carbocycles. The first-order chi connectivity index (χ1) is 23.3. The third-order valence-corrected chi connectivity index (χ3v) is 10.4. The second-order valence-electron chi connectivity index (χ2n) is 12.8. The lowest BCUT2D eigenvalue weighted by Gasteiger charge is -2.35. The lowest BCUT2D eigenvalue weighted by Crippen LogP contribution is -2.48. The number of aromatic nitrogens is 3. The van der Waals surface area contributed by atoms with Crippen LogP contribution in [0.4, 0.5) is 19.0 Å². The molecule has 0 spiro atoms. The molecule has 0 saturated carbocycles. The molecule has 4 saturated heterocycles. The number of fused-ring (bicyclic) bond motifs is 2. The highest BCUT2D eigenvalue weighted by atomic mass is 35.5. The summed E-state index contributed by atoms with van der Waals surface area (Å²) < 4.78 is 56.2. The van der Waals surface area contributed by atoms with E-state index < -0.39 is 17.8 Å². The van der Waals surface area contributed by atoms with E-state index in [1.54, 1.807) is 11.0 Å². The molecule has 4 fully saturated rings. The van der Waals surface area contributed by atoms with Crippen LogP contribution in [0.15, 0.2) is 36.5 Å². The van der Waals surface area contributed by atoms with Crippen molar-refractivity contribution in [2.24, 2.45) is 0 Å². The second kappa shape index (κ2) is 14.1. The van der Waals surface area contributed by atoms with Crippen LogP contribution in [0.2, 0.25) is 5.02 Å². The van der Waals surface area contributed by atoms with Gasteiger partial charge < -0.3 is 19.3 Å². The summed E-state index contributed by atoms with van der Waals surface area (Å²) in [6.07, 6.45) is 6.21. The first-order valence-corrected chi connectivity index (χ1v) is 17.0. The summed E-state index contributed by atoms with van der Waals surface area (Å²) in [5.41, 5.74) is -1.02. The van der Waals surface area contributed by atoms with Crippen molar-refractivity contribution in [3.63, 3.8) is 0 Å². The molecule has 0 bridgehead atoms. The van der Waals surface area contributed by atoms with E-state index in [4.69, 9.17) is 26.1 Å². The van der Waals surface area contributed by atoms with Crippen LogP contribution in [0.25, 0.3) is 22.2 Å². The molecule has 4 aliphatic heterocycles. The average Bonchev–Trinajstić information content (AvgIpc) is 3.68. The van der Waals surface area contributed by atoms with Crippen LogP contribution < -0.4 is 9.64 Å². The van der Waals surface area contributed by atoms with Gasteiger partial charge >= 0.3 is 6.01 Å². The number of carbonyl (C=O) groups is 1. The van der Waals surface area contributed by atoms with Gasteiger partial charge in [-0.05, 0) is 44.8 Å². The number of piperazine rings is 1. The Morgan fingerprint density at radius 1 is 1.04 bits per heavy atom. The Bertz CT molecular complexity index is 1670. The predicted molar refractivity (Wildman–Crippen MR) is 176 cm³/mol. The minimum atomic E-state index is -2.93. The number of hydrogen-bond donors (Lipinski definition) is 0. The lowest BCUT2D eigenvalue weighted by molar-refractivity contribution is -0.126. The molecule has 48 heavy (non-hydrogen) atoms. The molecule has 3 aromatic rings. The Morgan fingerprint density at radius 3 is 2.52 bits per heavy atom. The Hall–Kier alpha value is -3.52. The number of hydrogen-bond acceptors (Lipinski definition) is 9. The maximum Gasteiger partial charge on any atom is 0.319 e. The summed E-state index contributed by atoms with van der Waals surface area (Å²) in [6.45, 7) is 7.97. The van der Waals surface area contributed by atoms with Gasteiger partial charge in [0, 0.05) is 69.2 Å². The van der Waals surface area contributed by atoms with E-state index in [1.807, 2.05) is 11.0 Å². The zero-order chi connectivity index (χ0) is 33.3. The molecular weight excluding hydrogens is 647 g/mol. The molecule has 6 heterocycles. The van der Waals surface area contributed by atoms with Crippen LogP contribution >= 0.6 is 11.6 Å². The first-order valence-electron chi connectivity index (χ1n) is 16.6.